The van der Waals surface area contributed by atoms with Crippen LogP contribution in [0.4, 0.5) is 0 Å². The van der Waals surface area contributed by atoms with Crippen LogP contribution in [0.3, 0.4) is 0 Å². The van der Waals surface area contributed by atoms with Crippen molar-refractivity contribution in [3.8, 4) is 0 Å². The number of hydrogen-bond acceptors (Lipinski definition) is 5. The normalized spacial score (nSPS) is 40.6. The second kappa shape index (κ2) is 12.5. The Balaban J connectivity index is 1.28. The molecule has 4 rings (SSSR count). The van der Waals surface area contributed by atoms with Crippen molar-refractivity contribution in [2.24, 2.45) is 52.1 Å². The molecule has 4 fully saturated rings. The van der Waals surface area contributed by atoms with E-state index < -0.39 is 10.1 Å². The summed E-state index contributed by atoms with van der Waals surface area (Å²) in [4.78, 5) is 0. The molecule has 0 bridgehead atoms. The number of rotatable bonds is 13. The number of hydrogen-bond donors (Lipinski definition) is 4. The third-order valence-electron chi connectivity index (χ3n) is 12.0. The predicted octanol–water partition coefficient (Wildman–Crippen LogP) is 5.24. The van der Waals surface area contributed by atoms with Crippen molar-refractivity contribution < 1.29 is 13.0 Å². The number of fused-ring (bicyclic) bond motifs is 5. The van der Waals surface area contributed by atoms with Gasteiger partial charge < -0.3 is 16.4 Å². The first-order valence-electron chi connectivity index (χ1n) is 15.7. The maximum atomic E-state index is 11.4. The second-order valence-corrected chi connectivity index (χ2v) is 15.5. The first-order chi connectivity index (χ1) is 17.6. The van der Waals surface area contributed by atoms with Crippen molar-refractivity contribution >= 4 is 10.1 Å². The molecule has 0 aliphatic heterocycles. The molecule has 0 amide bonds. The third-order valence-corrected chi connectivity index (χ3v) is 12.8. The van der Waals surface area contributed by atoms with Crippen molar-refractivity contribution in [1.29, 1.82) is 0 Å². The summed E-state index contributed by atoms with van der Waals surface area (Å²) in [7, 11) is -3.87. The summed E-state index contributed by atoms with van der Waals surface area (Å²) in [6.07, 6.45) is 16.2. The van der Waals surface area contributed by atoms with E-state index in [2.05, 4.69) is 31.4 Å². The van der Waals surface area contributed by atoms with E-state index >= 15 is 0 Å². The Morgan fingerprint density at radius 1 is 0.919 bits per heavy atom. The second-order valence-electron chi connectivity index (χ2n) is 14.0. The van der Waals surface area contributed by atoms with E-state index in [1.807, 2.05) is 0 Å². The maximum absolute atomic E-state index is 11.4. The van der Waals surface area contributed by atoms with E-state index in [4.69, 9.17) is 5.73 Å². The van der Waals surface area contributed by atoms with Crippen molar-refractivity contribution in [3.05, 3.63) is 0 Å². The van der Waals surface area contributed by atoms with Gasteiger partial charge in [-0.05, 0) is 156 Å². The summed E-state index contributed by atoms with van der Waals surface area (Å²) in [5.41, 5.74) is 6.42. The molecule has 0 radical (unpaired) electrons. The minimum absolute atomic E-state index is 0.0856. The van der Waals surface area contributed by atoms with Gasteiger partial charge in [0, 0.05) is 6.04 Å². The highest BCUT2D eigenvalue weighted by Gasteiger charge is 2.60. The van der Waals surface area contributed by atoms with Crippen LogP contribution in [0.25, 0.3) is 0 Å². The quantitative estimate of drug-likeness (QED) is 0.189. The average Bonchev–Trinajstić information content (AvgIpc) is 3.21. The monoisotopic (exact) mass is 539 g/mol. The SMILES string of the molecule is C[C@H](CCS(=O)(=O)O)[C@H]1CCC2C3CC[C@H]4C[C@@H](NCCCNCCCCN)CC[C@]4(C)C3CC[C@@]21C. The summed E-state index contributed by atoms with van der Waals surface area (Å²) in [5, 5.41) is 7.46. The van der Waals surface area contributed by atoms with Crippen LogP contribution in [-0.2, 0) is 10.1 Å². The Labute approximate surface area is 227 Å². The Morgan fingerprint density at radius 3 is 2.41 bits per heavy atom. The van der Waals surface area contributed by atoms with Gasteiger partial charge >= 0.3 is 0 Å². The standard InChI is InChI=1S/C30H57N3O3S/c1-22(13-20-37(34,35)36)26-9-10-27-25-8-7-23-21-24(33-19-6-18-32-17-5-4-16-31)11-14-29(23,2)28(25)12-15-30(26,27)3/h22-28,32-33H,4-21,31H2,1-3H3,(H,34,35,36)/t22-,23+,24+,25?,26-,27?,28?,29+,30-/m1/s1. The molecule has 4 saturated carbocycles. The molecule has 3 unspecified atom stereocenters. The largest absolute Gasteiger partial charge is 0.330 e. The van der Waals surface area contributed by atoms with Gasteiger partial charge in [0.05, 0.1) is 5.75 Å². The van der Waals surface area contributed by atoms with E-state index in [-0.39, 0.29) is 5.75 Å². The molecule has 9 atom stereocenters. The molecule has 0 aromatic carbocycles. The Morgan fingerprint density at radius 2 is 1.65 bits per heavy atom. The summed E-state index contributed by atoms with van der Waals surface area (Å²) in [6, 6.07) is 0.695. The van der Waals surface area contributed by atoms with E-state index in [1.165, 1.54) is 70.6 Å². The summed E-state index contributed by atoms with van der Waals surface area (Å²) < 4.78 is 32.0. The molecule has 6 nitrogen and oxygen atoms in total. The van der Waals surface area contributed by atoms with E-state index in [1.54, 1.807) is 0 Å². The predicted molar refractivity (Wildman–Crippen MR) is 153 cm³/mol. The summed E-state index contributed by atoms with van der Waals surface area (Å²) in [6.45, 7) is 11.5. The van der Waals surface area contributed by atoms with Crippen LogP contribution in [0.2, 0.25) is 0 Å². The van der Waals surface area contributed by atoms with Crippen molar-refractivity contribution in [1.82, 2.24) is 10.6 Å². The minimum atomic E-state index is -3.87. The Kier molecular flexibility index (Phi) is 10.1. The van der Waals surface area contributed by atoms with Gasteiger partial charge in [-0.2, -0.15) is 8.42 Å². The van der Waals surface area contributed by atoms with Crippen LogP contribution < -0.4 is 16.4 Å². The highest BCUT2D eigenvalue weighted by atomic mass is 32.2. The Hall–Kier alpha value is -0.210. The lowest BCUT2D eigenvalue weighted by Gasteiger charge is -2.61. The van der Waals surface area contributed by atoms with Crippen molar-refractivity contribution in [2.45, 2.75) is 110 Å². The lowest BCUT2D eigenvalue weighted by molar-refractivity contribution is -0.117. The fourth-order valence-corrected chi connectivity index (χ4v) is 10.7. The van der Waals surface area contributed by atoms with Gasteiger partial charge in [-0.15, -0.1) is 0 Å². The molecule has 37 heavy (non-hydrogen) atoms. The summed E-state index contributed by atoms with van der Waals surface area (Å²) >= 11 is 0. The van der Waals surface area contributed by atoms with Gasteiger partial charge in [0.2, 0.25) is 0 Å². The first kappa shape index (κ1) is 29.8. The zero-order chi connectivity index (χ0) is 26.7. The molecule has 0 spiro atoms. The number of unbranched alkanes of at least 4 members (excludes halogenated alkanes) is 1. The Bertz CT molecular complexity index is 838. The van der Waals surface area contributed by atoms with Crippen molar-refractivity contribution in [2.75, 3.05) is 31.9 Å². The van der Waals surface area contributed by atoms with Gasteiger partial charge in [-0.1, -0.05) is 20.8 Å². The fourth-order valence-electron chi connectivity index (χ4n) is 9.99. The lowest BCUT2D eigenvalue weighted by Crippen LogP contribution is -2.55. The highest BCUT2D eigenvalue weighted by Crippen LogP contribution is 2.68. The van der Waals surface area contributed by atoms with E-state index in [9.17, 15) is 13.0 Å². The molecule has 4 aliphatic carbocycles. The minimum Gasteiger partial charge on any atom is -0.330 e. The molecule has 0 aromatic heterocycles. The van der Waals surface area contributed by atoms with Gasteiger partial charge in [0.1, 0.15) is 0 Å². The third kappa shape index (κ3) is 6.75. The molecular weight excluding hydrogens is 482 g/mol. The number of nitrogens with one attached hydrogen (secondary N) is 2. The van der Waals surface area contributed by atoms with Crippen LogP contribution >= 0.6 is 0 Å². The van der Waals surface area contributed by atoms with Crippen LogP contribution in [0.1, 0.15) is 104 Å². The smallest absolute Gasteiger partial charge is 0.264 e. The lowest BCUT2D eigenvalue weighted by atomic mass is 9.44. The molecule has 7 heteroatoms. The zero-order valence-corrected chi connectivity index (χ0v) is 24.8. The first-order valence-corrected chi connectivity index (χ1v) is 17.3. The van der Waals surface area contributed by atoms with Gasteiger partial charge in [-0.3, -0.25) is 4.55 Å². The van der Waals surface area contributed by atoms with Crippen LogP contribution in [0, 0.1) is 46.3 Å². The zero-order valence-electron chi connectivity index (χ0n) is 24.0. The van der Waals surface area contributed by atoms with Gasteiger partial charge in [-0.25, -0.2) is 0 Å². The average molecular weight is 540 g/mol. The molecule has 5 N–H and O–H groups in total. The van der Waals surface area contributed by atoms with Crippen molar-refractivity contribution in [3.63, 3.8) is 0 Å². The maximum Gasteiger partial charge on any atom is 0.264 e. The highest BCUT2D eigenvalue weighted by molar-refractivity contribution is 7.85. The molecular formula is C30H57N3O3S. The molecule has 4 aliphatic rings. The van der Waals surface area contributed by atoms with E-state index in [0.29, 0.717) is 35.1 Å². The molecule has 0 heterocycles. The van der Waals surface area contributed by atoms with Gasteiger partial charge in [0.15, 0.2) is 0 Å². The fraction of sp³-hybridized carbons (Fsp3) is 1.00. The van der Waals surface area contributed by atoms with Crippen LogP contribution in [0.5, 0.6) is 0 Å². The summed E-state index contributed by atoms with van der Waals surface area (Å²) in [5.74, 6) is 4.27. The number of nitrogens with two attached hydrogens (primary N) is 1. The molecule has 0 aromatic rings. The van der Waals surface area contributed by atoms with Gasteiger partial charge in [0.25, 0.3) is 10.1 Å². The van der Waals surface area contributed by atoms with Crippen LogP contribution in [0.15, 0.2) is 0 Å². The molecule has 0 saturated heterocycles. The van der Waals surface area contributed by atoms with E-state index in [0.717, 1.165) is 56.3 Å². The topological polar surface area (TPSA) is 104 Å². The molecule has 216 valence electrons. The van der Waals surface area contributed by atoms with Crippen LogP contribution in [-0.4, -0.2) is 50.9 Å².